The highest BCUT2D eigenvalue weighted by atomic mass is 32.1. The molecule has 0 spiro atoms. The lowest BCUT2D eigenvalue weighted by atomic mass is 10.2. The summed E-state index contributed by atoms with van der Waals surface area (Å²) in [7, 11) is 0. The Labute approximate surface area is 70.3 Å². The fourth-order valence-electron chi connectivity index (χ4n) is 0.464. The first-order valence-electron chi connectivity index (χ1n) is 2.94. The Morgan fingerprint density at radius 2 is 1.50 bits per heavy atom. The molecule has 0 saturated carbocycles. The summed E-state index contributed by atoms with van der Waals surface area (Å²) in [6.45, 7) is 0. The minimum Gasteiger partial charge on any atom is -0.240 e. The molecule has 0 amide bonds. The van der Waals surface area contributed by atoms with E-state index < -0.39 is 30.4 Å². The van der Waals surface area contributed by atoms with E-state index in [-0.39, 0.29) is 0 Å². The van der Waals surface area contributed by atoms with Crippen LogP contribution in [0, 0.1) is 0 Å². The van der Waals surface area contributed by atoms with E-state index in [1.165, 1.54) is 0 Å². The second-order valence-corrected chi connectivity index (χ2v) is 2.81. The van der Waals surface area contributed by atoms with E-state index in [0.29, 0.717) is 0 Å². The molecule has 0 aliphatic carbocycles. The van der Waals surface area contributed by atoms with E-state index in [1.807, 2.05) is 0 Å². The molecule has 0 rings (SSSR count). The Hall–Kier alpha value is -0.0700. The molecule has 1 unspecified atom stereocenters. The Balaban J connectivity index is 3.80. The van der Waals surface area contributed by atoms with Gasteiger partial charge in [0, 0.05) is 6.42 Å². The summed E-state index contributed by atoms with van der Waals surface area (Å²) in [4.78, 5) is 0. The largest absolute Gasteiger partial charge is 0.389 e. The van der Waals surface area contributed by atoms with Crippen LogP contribution in [0.3, 0.4) is 0 Å². The van der Waals surface area contributed by atoms with Crippen LogP contribution in [0.25, 0.3) is 0 Å². The summed E-state index contributed by atoms with van der Waals surface area (Å²) in [6, 6.07) is 0. The number of hydrogen-bond acceptors (Lipinski definition) is 1. The number of alkyl halides is 6. The molecule has 0 aromatic heterocycles. The zero-order valence-corrected chi connectivity index (χ0v) is 6.60. The average molecular weight is 212 g/mol. The van der Waals surface area contributed by atoms with Crippen molar-refractivity contribution < 1.29 is 26.3 Å². The van der Waals surface area contributed by atoms with Gasteiger partial charge in [-0.1, -0.05) is 0 Å². The van der Waals surface area contributed by atoms with Gasteiger partial charge in [0.25, 0.3) is 0 Å². The van der Waals surface area contributed by atoms with Crippen molar-refractivity contribution >= 4 is 12.6 Å². The molecule has 12 heavy (non-hydrogen) atoms. The molecule has 0 saturated heterocycles. The van der Waals surface area contributed by atoms with Gasteiger partial charge in [-0.25, -0.2) is 4.39 Å². The fraction of sp³-hybridized carbons (Fsp3) is 1.00. The monoisotopic (exact) mass is 212 g/mol. The predicted molar refractivity (Wildman–Crippen MR) is 34.1 cm³/mol. The minimum atomic E-state index is -4.61. The van der Waals surface area contributed by atoms with Gasteiger partial charge < -0.3 is 0 Å². The fourth-order valence-corrected chi connectivity index (χ4v) is 0.593. The average Bonchev–Trinajstić information content (AvgIpc) is 1.78. The van der Waals surface area contributed by atoms with Gasteiger partial charge in [0.1, 0.15) is 0 Å². The normalized spacial score (nSPS) is 16.2. The van der Waals surface area contributed by atoms with Crippen LogP contribution in [0.15, 0.2) is 0 Å². The van der Waals surface area contributed by atoms with Gasteiger partial charge in [0.15, 0.2) is 6.17 Å². The Bertz CT molecular complexity index is 136. The number of halogens is 6. The lowest BCUT2D eigenvalue weighted by Gasteiger charge is -2.15. The summed E-state index contributed by atoms with van der Waals surface area (Å²) in [5.74, 6) is 0. The van der Waals surface area contributed by atoms with Gasteiger partial charge in [0.2, 0.25) is 0 Å². The first-order chi connectivity index (χ1) is 5.13. The molecule has 0 aromatic rings. The third-order valence-electron chi connectivity index (χ3n) is 1.06. The lowest BCUT2D eigenvalue weighted by Crippen LogP contribution is -2.25. The topological polar surface area (TPSA) is 0 Å². The zero-order valence-electron chi connectivity index (χ0n) is 5.71. The zero-order chi connectivity index (χ0) is 9.99. The van der Waals surface area contributed by atoms with Crippen LogP contribution in [0.1, 0.15) is 12.8 Å². The molecule has 0 aromatic carbocycles. The second kappa shape index (κ2) is 3.76. The molecular weight excluding hydrogens is 206 g/mol. The summed E-state index contributed by atoms with van der Waals surface area (Å²) >= 11 is 2.50. The standard InChI is InChI=1S/C5H6F6S/c6-3(5(10,11)12)1-2-4(7,8)9/h3,12H,1-2H2. The highest BCUT2D eigenvalue weighted by Gasteiger charge is 2.38. The van der Waals surface area contributed by atoms with Crippen molar-refractivity contribution in [3.8, 4) is 0 Å². The maximum Gasteiger partial charge on any atom is 0.389 e. The minimum absolute atomic E-state index is 1.26. The molecule has 0 N–H and O–H groups in total. The molecule has 0 heterocycles. The molecule has 0 fully saturated rings. The van der Waals surface area contributed by atoms with Crippen molar-refractivity contribution in [1.82, 2.24) is 0 Å². The number of thiol groups is 1. The summed E-state index contributed by atoms with van der Waals surface area (Å²) in [6.07, 6.45) is -10.3. The van der Waals surface area contributed by atoms with Crippen LogP contribution in [0.4, 0.5) is 26.3 Å². The molecule has 74 valence electrons. The van der Waals surface area contributed by atoms with E-state index in [4.69, 9.17) is 0 Å². The van der Waals surface area contributed by atoms with Gasteiger partial charge in [0.05, 0.1) is 0 Å². The van der Waals surface area contributed by atoms with Gasteiger partial charge in [-0.3, -0.25) is 0 Å². The number of rotatable bonds is 3. The quantitative estimate of drug-likeness (QED) is 0.539. The van der Waals surface area contributed by atoms with Gasteiger partial charge in [-0.05, 0) is 6.42 Å². The number of hydrogen-bond donors (Lipinski definition) is 1. The summed E-state index contributed by atoms with van der Waals surface area (Å²) in [5.41, 5.74) is 0. The van der Waals surface area contributed by atoms with Crippen LogP contribution in [0.2, 0.25) is 0 Å². The van der Waals surface area contributed by atoms with Gasteiger partial charge >= 0.3 is 11.4 Å². The first-order valence-corrected chi connectivity index (χ1v) is 3.38. The predicted octanol–water partition coefficient (Wildman–Crippen LogP) is 3.19. The molecule has 0 nitrogen and oxygen atoms in total. The van der Waals surface area contributed by atoms with Gasteiger partial charge in [-0.2, -0.15) is 22.0 Å². The SMILES string of the molecule is FC(CCC(F)(F)F)C(F)(F)S. The van der Waals surface area contributed by atoms with Crippen LogP contribution in [0.5, 0.6) is 0 Å². The Morgan fingerprint density at radius 1 is 1.08 bits per heavy atom. The van der Waals surface area contributed by atoms with Crippen molar-refractivity contribution in [2.45, 2.75) is 30.4 Å². The molecular formula is C5H6F6S. The van der Waals surface area contributed by atoms with Crippen LogP contribution >= 0.6 is 12.6 Å². The van der Waals surface area contributed by atoms with Crippen LogP contribution in [-0.4, -0.2) is 17.6 Å². The lowest BCUT2D eigenvalue weighted by molar-refractivity contribution is -0.142. The summed E-state index contributed by atoms with van der Waals surface area (Å²) in [5, 5.41) is -3.99. The third-order valence-corrected chi connectivity index (χ3v) is 1.34. The van der Waals surface area contributed by atoms with Crippen molar-refractivity contribution in [2.75, 3.05) is 0 Å². The van der Waals surface area contributed by atoms with Crippen molar-refractivity contribution in [3.05, 3.63) is 0 Å². The highest BCUT2D eigenvalue weighted by Crippen LogP contribution is 2.32. The van der Waals surface area contributed by atoms with Crippen molar-refractivity contribution in [2.24, 2.45) is 0 Å². The second-order valence-electron chi connectivity index (χ2n) is 2.21. The molecule has 0 bridgehead atoms. The van der Waals surface area contributed by atoms with Gasteiger partial charge in [-0.15, -0.1) is 12.6 Å². The first kappa shape index (κ1) is 11.9. The van der Waals surface area contributed by atoms with E-state index in [2.05, 4.69) is 12.6 Å². The van der Waals surface area contributed by atoms with Crippen molar-refractivity contribution in [1.29, 1.82) is 0 Å². The Kier molecular flexibility index (Phi) is 3.74. The van der Waals surface area contributed by atoms with E-state index in [1.54, 1.807) is 0 Å². The maximum absolute atomic E-state index is 12.1. The van der Waals surface area contributed by atoms with Crippen LogP contribution < -0.4 is 0 Å². The van der Waals surface area contributed by atoms with E-state index in [9.17, 15) is 26.3 Å². The maximum atomic E-state index is 12.1. The Morgan fingerprint density at radius 3 is 1.75 bits per heavy atom. The molecule has 7 heteroatoms. The summed E-state index contributed by atoms with van der Waals surface area (Å²) < 4.78 is 69.8. The van der Waals surface area contributed by atoms with E-state index in [0.717, 1.165) is 0 Å². The molecule has 1 atom stereocenters. The van der Waals surface area contributed by atoms with E-state index >= 15 is 0 Å². The molecule has 0 radical (unpaired) electrons. The molecule has 0 aliphatic heterocycles. The third kappa shape index (κ3) is 5.56. The molecule has 0 aliphatic rings. The smallest absolute Gasteiger partial charge is 0.240 e. The highest BCUT2D eigenvalue weighted by molar-refractivity contribution is 7.81. The van der Waals surface area contributed by atoms with Crippen LogP contribution in [-0.2, 0) is 0 Å². The van der Waals surface area contributed by atoms with Crippen molar-refractivity contribution in [3.63, 3.8) is 0 Å².